The number of nitrogens with zero attached hydrogens (tertiary/aromatic N) is 2. The van der Waals surface area contributed by atoms with E-state index in [-0.39, 0.29) is 6.10 Å². The maximum atomic E-state index is 8.82. The van der Waals surface area contributed by atoms with Gasteiger partial charge in [-0.25, -0.2) is 0 Å². The Kier molecular flexibility index (Phi) is 4.71. The number of rotatable bonds is 4. The van der Waals surface area contributed by atoms with Crippen LogP contribution in [-0.2, 0) is 11.3 Å². The lowest BCUT2D eigenvalue weighted by Gasteiger charge is -2.30. The van der Waals surface area contributed by atoms with Crippen LogP contribution < -0.4 is 5.32 Å². The SMILES string of the molecule is CN1CCO[C@@H](CNCc2cccc(C#N)c2)C1. The molecule has 1 aromatic carbocycles. The molecular weight excluding hydrogens is 226 g/mol. The summed E-state index contributed by atoms with van der Waals surface area (Å²) in [6, 6.07) is 9.84. The van der Waals surface area contributed by atoms with Crippen LogP contribution in [0, 0.1) is 11.3 Å². The lowest BCUT2D eigenvalue weighted by atomic mass is 10.1. The van der Waals surface area contributed by atoms with Crippen molar-refractivity contribution in [2.45, 2.75) is 12.6 Å². The third kappa shape index (κ3) is 3.81. The van der Waals surface area contributed by atoms with Gasteiger partial charge in [0.1, 0.15) is 0 Å². The molecule has 1 aliphatic heterocycles. The second-order valence-corrected chi connectivity index (χ2v) is 4.70. The van der Waals surface area contributed by atoms with Crippen molar-refractivity contribution in [2.24, 2.45) is 0 Å². The van der Waals surface area contributed by atoms with E-state index >= 15 is 0 Å². The minimum atomic E-state index is 0.267. The first-order valence-electron chi connectivity index (χ1n) is 6.28. The fourth-order valence-corrected chi connectivity index (χ4v) is 2.12. The summed E-state index contributed by atoms with van der Waals surface area (Å²) in [5.74, 6) is 0. The Morgan fingerprint density at radius 1 is 1.56 bits per heavy atom. The fraction of sp³-hybridized carbons (Fsp3) is 0.500. The maximum Gasteiger partial charge on any atom is 0.0991 e. The monoisotopic (exact) mass is 245 g/mol. The second-order valence-electron chi connectivity index (χ2n) is 4.70. The van der Waals surface area contributed by atoms with Crippen LogP contribution in [0.5, 0.6) is 0 Å². The lowest BCUT2D eigenvalue weighted by Crippen LogP contribution is -2.44. The van der Waals surface area contributed by atoms with Crippen LogP contribution in [0.25, 0.3) is 0 Å². The number of hydrogen-bond donors (Lipinski definition) is 1. The zero-order chi connectivity index (χ0) is 12.8. The number of nitrogens with one attached hydrogen (secondary N) is 1. The number of benzene rings is 1. The number of likely N-dealkylation sites (N-methyl/N-ethyl adjacent to an activating group) is 1. The summed E-state index contributed by atoms with van der Waals surface area (Å²) in [4.78, 5) is 2.28. The number of ether oxygens (including phenoxy) is 1. The van der Waals surface area contributed by atoms with Gasteiger partial charge in [-0.05, 0) is 24.7 Å². The molecule has 1 N–H and O–H groups in total. The smallest absolute Gasteiger partial charge is 0.0991 e. The molecule has 18 heavy (non-hydrogen) atoms. The molecule has 0 unspecified atom stereocenters. The van der Waals surface area contributed by atoms with E-state index in [9.17, 15) is 0 Å². The van der Waals surface area contributed by atoms with E-state index in [2.05, 4.69) is 23.3 Å². The molecule has 1 atom stereocenters. The highest BCUT2D eigenvalue weighted by molar-refractivity contribution is 5.32. The Morgan fingerprint density at radius 3 is 3.22 bits per heavy atom. The molecule has 1 saturated heterocycles. The summed E-state index contributed by atoms with van der Waals surface area (Å²) >= 11 is 0. The van der Waals surface area contributed by atoms with E-state index in [0.29, 0.717) is 5.56 Å². The summed E-state index contributed by atoms with van der Waals surface area (Å²) in [6.45, 7) is 4.43. The second kappa shape index (κ2) is 6.50. The number of nitriles is 1. The highest BCUT2D eigenvalue weighted by Gasteiger charge is 2.16. The van der Waals surface area contributed by atoms with E-state index in [1.807, 2.05) is 24.3 Å². The maximum absolute atomic E-state index is 8.82. The Balaban J connectivity index is 1.76. The first-order valence-corrected chi connectivity index (χ1v) is 6.28. The van der Waals surface area contributed by atoms with Crippen LogP contribution in [0.2, 0.25) is 0 Å². The van der Waals surface area contributed by atoms with Crippen LogP contribution in [-0.4, -0.2) is 44.3 Å². The van der Waals surface area contributed by atoms with Crippen molar-refractivity contribution < 1.29 is 4.74 Å². The molecule has 4 heteroatoms. The third-order valence-electron chi connectivity index (χ3n) is 3.10. The average Bonchev–Trinajstić information content (AvgIpc) is 2.39. The average molecular weight is 245 g/mol. The molecule has 1 aliphatic rings. The normalized spacial score (nSPS) is 20.6. The van der Waals surface area contributed by atoms with Crippen LogP contribution in [0.3, 0.4) is 0 Å². The van der Waals surface area contributed by atoms with Gasteiger partial charge in [0.05, 0.1) is 24.3 Å². The molecule has 0 spiro atoms. The van der Waals surface area contributed by atoms with Gasteiger partial charge in [-0.15, -0.1) is 0 Å². The molecule has 0 aromatic heterocycles. The topological polar surface area (TPSA) is 48.3 Å². The summed E-state index contributed by atoms with van der Waals surface area (Å²) in [5.41, 5.74) is 1.85. The zero-order valence-corrected chi connectivity index (χ0v) is 10.7. The van der Waals surface area contributed by atoms with Gasteiger partial charge in [0.15, 0.2) is 0 Å². The molecule has 1 aromatic rings. The van der Waals surface area contributed by atoms with Gasteiger partial charge in [-0.1, -0.05) is 12.1 Å². The lowest BCUT2D eigenvalue weighted by molar-refractivity contribution is -0.0182. The van der Waals surface area contributed by atoms with Gasteiger partial charge < -0.3 is 15.0 Å². The quantitative estimate of drug-likeness (QED) is 0.859. The Bertz CT molecular complexity index is 427. The Morgan fingerprint density at radius 2 is 2.44 bits per heavy atom. The van der Waals surface area contributed by atoms with E-state index in [0.717, 1.165) is 38.3 Å². The molecule has 0 aliphatic carbocycles. The van der Waals surface area contributed by atoms with Crippen molar-refractivity contribution in [2.75, 3.05) is 33.3 Å². The molecule has 96 valence electrons. The minimum absolute atomic E-state index is 0.267. The molecule has 2 rings (SSSR count). The van der Waals surface area contributed by atoms with Gasteiger partial charge in [0.25, 0.3) is 0 Å². The molecule has 0 saturated carbocycles. The molecule has 4 nitrogen and oxygen atoms in total. The van der Waals surface area contributed by atoms with Crippen LogP contribution in [0.1, 0.15) is 11.1 Å². The highest BCUT2D eigenvalue weighted by atomic mass is 16.5. The molecule has 1 heterocycles. The van der Waals surface area contributed by atoms with Crippen molar-refractivity contribution in [1.29, 1.82) is 5.26 Å². The van der Waals surface area contributed by atoms with Crippen LogP contribution in [0.4, 0.5) is 0 Å². The van der Waals surface area contributed by atoms with Crippen LogP contribution >= 0.6 is 0 Å². The van der Waals surface area contributed by atoms with Gasteiger partial charge in [-0.3, -0.25) is 0 Å². The van der Waals surface area contributed by atoms with Gasteiger partial charge in [0.2, 0.25) is 0 Å². The van der Waals surface area contributed by atoms with Crippen molar-refractivity contribution in [1.82, 2.24) is 10.2 Å². The molecule has 1 fully saturated rings. The first-order chi connectivity index (χ1) is 8.78. The van der Waals surface area contributed by atoms with Crippen molar-refractivity contribution >= 4 is 0 Å². The van der Waals surface area contributed by atoms with E-state index in [1.54, 1.807) is 0 Å². The fourth-order valence-electron chi connectivity index (χ4n) is 2.12. The number of hydrogen-bond acceptors (Lipinski definition) is 4. The molecular formula is C14H19N3O. The Hall–Kier alpha value is -1.41. The zero-order valence-electron chi connectivity index (χ0n) is 10.7. The van der Waals surface area contributed by atoms with Crippen LogP contribution in [0.15, 0.2) is 24.3 Å². The molecule has 0 bridgehead atoms. The summed E-state index contributed by atoms with van der Waals surface area (Å²) in [7, 11) is 2.12. The van der Waals surface area contributed by atoms with E-state index < -0.39 is 0 Å². The van der Waals surface area contributed by atoms with Crippen molar-refractivity contribution in [3.63, 3.8) is 0 Å². The highest BCUT2D eigenvalue weighted by Crippen LogP contribution is 2.05. The van der Waals surface area contributed by atoms with Gasteiger partial charge >= 0.3 is 0 Å². The minimum Gasteiger partial charge on any atom is -0.374 e. The predicted octanol–water partition coefficient (Wildman–Crippen LogP) is 0.978. The van der Waals surface area contributed by atoms with Crippen molar-refractivity contribution in [3.8, 4) is 6.07 Å². The van der Waals surface area contributed by atoms with Crippen molar-refractivity contribution in [3.05, 3.63) is 35.4 Å². The summed E-state index contributed by atoms with van der Waals surface area (Å²) in [5, 5.41) is 12.2. The number of morpholine rings is 1. The largest absolute Gasteiger partial charge is 0.374 e. The summed E-state index contributed by atoms with van der Waals surface area (Å²) in [6.07, 6.45) is 0.267. The van der Waals surface area contributed by atoms with E-state index in [4.69, 9.17) is 10.00 Å². The predicted molar refractivity (Wildman–Crippen MR) is 70.1 cm³/mol. The first kappa shape index (κ1) is 13.0. The molecule has 0 amide bonds. The third-order valence-corrected chi connectivity index (χ3v) is 3.10. The van der Waals surface area contributed by atoms with Gasteiger partial charge in [-0.2, -0.15) is 5.26 Å². The Labute approximate surface area is 108 Å². The summed E-state index contributed by atoms with van der Waals surface area (Å²) < 4.78 is 5.67. The van der Waals surface area contributed by atoms with Gasteiger partial charge in [0, 0.05) is 26.2 Å². The van der Waals surface area contributed by atoms with E-state index in [1.165, 1.54) is 0 Å². The molecule has 0 radical (unpaired) electrons. The standard InChI is InChI=1S/C14H19N3O/c1-17-5-6-18-14(11-17)10-16-9-13-4-2-3-12(7-13)8-15/h2-4,7,14,16H,5-6,9-11H2,1H3/t14-/m0/s1.